The van der Waals surface area contributed by atoms with Crippen LogP contribution in [0.5, 0.6) is 5.75 Å². The zero-order chi connectivity index (χ0) is 18.0. The Kier molecular flexibility index (Phi) is 7.66. The molecule has 0 unspecified atom stereocenters. The maximum atomic E-state index is 5.99. The van der Waals surface area contributed by atoms with Gasteiger partial charge in [-0.2, -0.15) is 0 Å². The topological polar surface area (TPSA) is 21.7 Å². The fourth-order valence-corrected chi connectivity index (χ4v) is 3.42. The third kappa shape index (κ3) is 6.54. The fraction of sp³-hybridized carbons (Fsp3) is 0.455. The monoisotopic (exact) mass is 373 g/mol. The Labute approximate surface area is 161 Å². The quantitative estimate of drug-likeness (QED) is 0.563. The number of aryl methyl sites for hydroxylation is 1. The molecule has 1 aliphatic carbocycles. The van der Waals surface area contributed by atoms with Gasteiger partial charge in [0, 0.05) is 11.5 Å². The highest BCUT2D eigenvalue weighted by atomic mass is 35.5. The van der Waals surface area contributed by atoms with Crippen LogP contribution in [0.3, 0.4) is 0 Å². The maximum Gasteiger partial charge on any atom is 0.122 e. The van der Waals surface area contributed by atoms with E-state index in [1.807, 2.05) is 24.3 Å². The second-order valence-electron chi connectivity index (χ2n) is 6.78. The van der Waals surface area contributed by atoms with Crippen LogP contribution >= 0.6 is 11.6 Å². The van der Waals surface area contributed by atoms with Gasteiger partial charge in [-0.25, -0.2) is 0 Å². The van der Waals surface area contributed by atoms with Gasteiger partial charge in [0.1, 0.15) is 24.7 Å². The molecular formula is C22H28ClNO2. The molecule has 26 heavy (non-hydrogen) atoms. The standard InChI is InChI=1S/C22H28ClNO2/c23-20-6-3-7-21(13-10-20)25-17-18-26-22-11-8-19(9-12-22)5-4-16-24-14-1-2-15-24/h3,7-13H,1-2,4-6,14-18H2. The van der Waals surface area contributed by atoms with E-state index in [-0.39, 0.29) is 0 Å². The second-order valence-corrected chi connectivity index (χ2v) is 7.27. The van der Waals surface area contributed by atoms with Crippen molar-refractivity contribution in [2.75, 3.05) is 32.8 Å². The first-order valence-electron chi connectivity index (χ1n) is 9.59. The third-order valence-electron chi connectivity index (χ3n) is 4.71. The van der Waals surface area contributed by atoms with Gasteiger partial charge in [-0.05, 0) is 81.2 Å². The van der Waals surface area contributed by atoms with Crippen LogP contribution in [0, 0.1) is 0 Å². The molecule has 1 saturated heterocycles. The number of hydrogen-bond acceptors (Lipinski definition) is 3. The van der Waals surface area contributed by atoms with Gasteiger partial charge in [0.05, 0.1) is 0 Å². The van der Waals surface area contributed by atoms with Crippen molar-refractivity contribution in [3.05, 3.63) is 64.9 Å². The third-order valence-corrected chi connectivity index (χ3v) is 4.99. The number of hydrogen-bond donors (Lipinski definition) is 0. The summed E-state index contributed by atoms with van der Waals surface area (Å²) in [6, 6.07) is 8.45. The highest BCUT2D eigenvalue weighted by Gasteiger charge is 2.10. The number of ether oxygens (including phenoxy) is 2. The van der Waals surface area contributed by atoms with Crippen LogP contribution in [0.2, 0.25) is 0 Å². The summed E-state index contributed by atoms with van der Waals surface area (Å²) in [5.74, 6) is 1.71. The molecule has 0 atom stereocenters. The molecule has 1 fully saturated rings. The Bertz CT molecular complexity index is 643. The molecule has 0 N–H and O–H groups in total. The van der Waals surface area contributed by atoms with E-state index < -0.39 is 0 Å². The molecule has 1 heterocycles. The summed E-state index contributed by atoms with van der Waals surface area (Å²) in [5, 5.41) is 0.816. The summed E-state index contributed by atoms with van der Waals surface area (Å²) in [5.41, 5.74) is 1.38. The van der Waals surface area contributed by atoms with E-state index in [0.717, 1.165) is 29.4 Å². The van der Waals surface area contributed by atoms with Gasteiger partial charge in [-0.1, -0.05) is 29.8 Å². The summed E-state index contributed by atoms with van der Waals surface area (Å²) >= 11 is 5.99. The van der Waals surface area contributed by atoms with E-state index in [1.54, 1.807) is 0 Å². The second kappa shape index (κ2) is 10.4. The van der Waals surface area contributed by atoms with Crippen molar-refractivity contribution in [2.24, 2.45) is 0 Å². The Morgan fingerprint density at radius 2 is 1.73 bits per heavy atom. The van der Waals surface area contributed by atoms with Crippen LogP contribution in [0.1, 0.15) is 31.2 Å². The number of benzene rings is 1. The van der Waals surface area contributed by atoms with Crippen molar-refractivity contribution in [1.82, 2.24) is 4.90 Å². The number of allylic oxidation sites excluding steroid dienone is 5. The van der Waals surface area contributed by atoms with E-state index in [0.29, 0.717) is 13.2 Å². The number of nitrogens with zero attached hydrogens (tertiary/aromatic N) is 1. The Hall–Kier alpha value is -1.71. The van der Waals surface area contributed by atoms with Crippen LogP contribution in [-0.4, -0.2) is 37.7 Å². The smallest absolute Gasteiger partial charge is 0.122 e. The molecule has 2 aliphatic rings. The maximum absolute atomic E-state index is 5.99. The first kappa shape index (κ1) is 19.1. The van der Waals surface area contributed by atoms with Crippen LogP contribution in [0.15, 0.2) is 59.4 Å². The molecule has 0 radical (unpaired) electrons. The molecule has 0 aromatic heterocycles. The SMILES string of the molecule is ClC1=CC=C(OCCOc2ccc(CCCN3CCCC3)cc2)C=CC1. The molecule has 0 amide bonds. The van der Waals surface area contributed by atoms with Gasteiger partial charge in [-0.15, -0.1) is 0 Å². The summed E-state index contributed by atoms with van der Waals surface area (Å²) in [6.45, 7) is 4.83. The average molecular weight is 374 g/mol. The van der Waals surface area contributed by atoms with Gasteiger partial charge < -0.3 is 14.4 Å². The highest BCUT2D eigenvalue weighted by Crippen LogP contribution is 2.16. The average Bonchev–Trinajstić information content (AvgIpc) is 3.08. The summed E-state index contributed by atoms with van der Waals surface area (Å²) < 4.78 is 11.5. The minimum Gasteiger partial charge on any atom is -0.490 e. The molecule has 3 rings (SSSR count). The lowest BCUT2D eigenvalue weighted by molar-refractivity contribution is 0.164. The molecule has 140 valence electrons. The fourth-order valence-electron chi connectivity index (χ4n) is 3.26. The van der Waals surface area contributed by atoms with Gasteiger partial charge in [0.25, 0.3) is 0 Å². The zero-order valence-corrected chi connectivity index (χ0v) is 16.1. The Morgan fingerprint density at radius 3 is 2.54 bits per heavy atom. The van der Waals surface area contributed by atoms with Crippen molar-refractivity contribution >= 4 is 11.6 Å². The van der Waals surface area contributed by atoms with E-state index >= 15 is 0 Å². The van der Waals surface area contributed by atoms with Crippen LogP contribution < -0.4 is 4.74 Å². The van der Waals surface area contributed by atoms with Gasteiger partial charge in [-0.3, -0.25) is 0 Å². The van der Waals surface area contributed by atoms with Crippen LogP contribution in [0.4, 0.5) is 0 Å². The van der Waals surface area contributed by atoms with E-state index in [4.69, 9.17) is 21.1 Å². The normalized spacial score (nSPS) is 17.6. The molecule has 1 aliphatic heterocycles. The summed E-state index contributed by atoms with van der Waals surface area (Å²) in [7, 11) is 0. The van der Waals surface area contributed by atoms with E-state index in [2.05, 4.69) is 29.2 Å². The lowest BCUT2D eigenvalue weighted by Gasteiger charge is -2.14. The van der Waals surface area contributed by atoms with Crippen molar-refractivity contribution in [2.45, 2.75) is 32.1 Å². The Balaban J connectivity index is 1.32. The van der Waals surface area contributed by atoms with Crippen molar-refractivity contribution < 1.29 is 9.47 Å². The number of halogens is 1. The lowest BCUT2D eigenvalue weighted by Crippen LogP contribution is -2.20. The van der Waals surface area contributed by atoms with Crippen LogP contribution in [0.25, 0.3) is 0 Å². The van der Waals surface area contributed by atoms with E-state index in [1.165, 1.54) is 44.5 Å². The molecule has 3 nitrogen and oxygen atoms in total. The van der Waals surface area contributed by atoms with Crippen molar-refractivity contribution in [1.29, 1.82) is 0 Å². The molecule has 1 aromatic rings. The molecule has 0 saturated carbocycles. The predicted octanol–water partition coefficient (Wildman–Crippen LogP) is 5.08. The predicted molar refractivity (Wildman–Crippen MR) is 108 cm³/mol. The lowest BCUT2D eigenvalue weighted by atomic mass is 10.1. The van der Waals surface area contributed by atoms with Gasteiger partial charge in [0.15, 0.2) is 0 Å². The highest BCUT2D eigenvalue weighted by molar-refractivity contribution is 6.29. The molecule has 4 heteroatoms. The molecule has 0 bridgehead atoms. The van der Waals surface area contributed by atoms with E-state index in [9.17, 15) is 0 Å². The molecule has 0 spiro atoms. The molecular weight excluding hydrogens is 346 g/mol. The summed E-state index contributed by atoms with van der Waals surface area (Å²) in [4.78, 5) is 2.57. The van der Waals surface area contributed by atoms with Crippen molar-refractivity contribution in [3.8, 4) is 5.75 Å². The number of rotatable bonds is 9. The van der Waals surface area contributed by atoms with Crippen molar-refractivity contribution in [3.63, 3.8) is 0 Å². The number of likely N-dealkylation sites (tertiary alicyclic amines) is 1. The van der Waals surface area contributed by atoms with Gasteiger partial charge in [0.2, 0.25) is 0 Å². The minimum absolute atomic E-state index is 0.513. The van der Waals surface area contributed by atoms with Gasteiger partial charge >= 0.3 is 0 Å². The Morgan fingerprint density at radius 1 is 0.962 bits per heavy atom. The largest absolute Gasteiger partial charge is 0.490 e. The first-order chi connectivity index (χ1) is 12.8. The minimum atomic E-state index is 0.513. The van der Waals surface area contributed by atoms with Crippen LogP contribution in [-0.2, 0) is 11.2 Å². The zero-order valence-electron chi connectivity index (χ0n) is 15.3. The summed E-state index contributed by atoms with van der Waals surface area (Å²) in [6.07, 6.45) is 13.6. The first-order valence-corrected chi connectivity index (χ1v) is 9.97. The molecule has 1 aromatic carbocycles.